The molecule has 6 rings (SSSR count). The van der Waals surface area contributed by atoms with E-state index in [0.29, 0.717) is 37.6 Å². The van der Waals surface area contributed by atoms with E-state index in [-0.39, 0.29) is 24.1 Å². The lowest BCUT2D eigenvalue weighted by atomic mass is 10.1. The molecule has 4 aromatic rings. The van der Waals surface area contributed by atoms with Crippen LogP contribution < -0.4 is 9.47 Å². The van der Waals surface area contributed by atoms with Gasteiger partial charge < -0.3 is 28.4 Å². The van der Waals surface area contributed by atoms with Crippen LogP contribution in [0.15, 0.2) is 107 Å². The van der Waals surface area contributed by atoms with E-state index in [0.717, 1.165) is 85.7 Å². The van der Waals surface area contributed by atoms with Crippen molar-refractivity contribution in [2.45, 2.75) is 50.7 Å². The van der Waals surface area contributed by atoms with Crippen LogP contribution in [0.3, 0.4) is 0 Å². The van der Waals surface area contributed by atoms with Crippen molar-refractivity contribution in [2.75, 3.05) is 39.6 Å². The Balaban J connectivity index is 0.774. The van der Waals surface area contributed by atoms with Gasteiger partial charge in [-0.2, -0.15) is 0 Å². The second kappa shape index (κ2) is 19.3. The predicted molar refractivity (Wildman–Crippen MR) is 199 cm³/mol. The maximum Gasteiger partial charge on any atom is 0.338 e. The fourth-order valence-electron chi connectivity index (χ4n) is 5.08. The highest BCUT2D eigenvalue weighted by Crippen LogP contribution is 2.21. The molecule has 2 aliphatic heterocycles. The van der Waals surface area contributed by atoms with Crippen LogP contribution in [-0.4, -0.2) is 76.2 Å². The van der Waals surface area contributed by atoms with Gasteiger partial charge >= 0.3 is 11.9 Å². The van der Waals surface area contributed by atoms with Gasteiger partial charge in [0, 0.05) is 12.4 Å². The van der Waals surface area contributed by atoms with E-state index < -0.39 is 0 Å². The zero-order chi connectivity index (χ0) is 35.8. The molecule has 0 saturated carbocycles. The first-order valence-corrected chi connectivity index (χ1v) is 17.9. The highest BCUT2D eigenvalue weighted by molar-refractivity contribution is 5.91. The van der Waals surface area contributed by atoms with Crippen LogP contribution in [0.2, 0.25) is 0 Å². The van der Waals surface area contributed by atoms with Gasteiger partial charge in [-0.3, -0.25) is 9.98 Å². The lowest BCUT2D eigenvalue weighted by molar-refractivity contribution is 0.0484. The largest absolute Gasteiger partial charge is 0.491 e. The van der Waals surface area contributed by atoms with Crippen molar-refractivity contribution in [3.8, 4) is 11.5 Å². The van der Waals surface area contributed by atoms with Gasteiger partial charge in [0.15, 0.2) is 0 Å². The fourth-order valence-corrected chi connectivity index (χ4v) is 5.08. The quantitative estimate of drug-likeness (QED) is 0.0369. The molecule has 0 bridgehead atoms. The molecule has 2 saturated heterocycles. The van der Waals surface area contributed by atoms with Gasteiger partial charge in [0.1, 0.15) is 36.9 Å². The van der Waals surface area contributed by atoms with E-state index in [9.17, 15) is 9.59 Å². The van der Waals surface area contributed by atoms with E-state index >= 15 is 0 Å². The molecule has 0 radical (unpaired) electrons. The number of hydrogen-bond donors (Lipinski definition) is 0. The summed E-state index contributed by atoms with van der Waals surface area (Å²) in [4.78, 5) is 33.9. The number of esters is 2. The van der Waals surface area contributed by atoms with Gasteiger partial charge in [-0.1, -0.05) is 49.9 Å². The second-order valence-electron chi connectivity index (χ2n) is 12.7. The van der Waals surface area contributed by atoms with Crippen molar-refractivity contribution in [2.24, 2.45) is 9.98 Å². The van der Waals surface area contributed by atoms with Gasteiger partial charge in [-0.25, -0.2) is 9.59 Å². The Morgan fingerprint density at radius 1 is 0.538 bits per heavy atom. The van der Waals surface area contributed by atoms with Crippen LogP contribution >= 0.6 is 0 Å². The summed E-state index contributed by atoms with van der Waals surface area (Å²) in [6.07, 6.45) is 9.57. The third-order valence-corrected chi connectivity index (χ3v) is 8.37. The summed E-state index contributed by atoms with van der Waals surface area (Å²) in [5.41, 5.74) is 4.43. The molecular formula is C42H44N2O8. The molecule has 270 valence electrons. The maximum atomic E-state index is 12.4. The zero-order valence-electron chi connectivity index (χ0n) is 29.2. The molecule has 0 N–H and O–H groups in total. The molecule has 2 heterocycles. The lowest BCUT2D eigenvalue weighted by Gasteiger charge is -2.06. The summed E-state index contributed by atoms with van der Waals surface area (Å²) in [7, 11) is 0. The van der Waals surface area contributed by atoms with Crippen molar-refractivity contribution in [3.63, 3.8) is 0 Å². The predicted octanol–water partition coefficient (Wildman–Crippen LogP) is 8.10. The molecule has 2 unspecified atom stereocenters. The number of aliphatic imine (C=N–C) groups is 2. The number of unbranched alkanes of at least 4 members (excludes halogenated alkanes) is 5. The van der Waals surface area contributed by atoms with Crippen LogP contribution in [0.4, 0.5) is 11.4 Å². The number of ether oxygens (including phenoxy) is 6. The van der Waals surface area contributed by atoms with E-state index in [1.54, 1.807) is 36.7 Å². The van der Waals surface area contributed by atoms with Crippen LogP contribution in [0.5, 0.6) is 11.5 Å². The van der Waals surface area contributed by atoms with E-state index in [1.807, 2.05) is 72.8 Å². The SMILES string of the molecule is O=C(OCCCCCCCCOC(=O)c1ccc(C=Nc2ccc(OCC3CO3)cc2)cc1)c1ccc(C=Nc2ccc(OCC3CO3)cc2)cc1. The topological polar surface area (TPSA) is 121 Å². The van der Waals surface area contributed by atoms with Gasteiger partial charge in [-0.05, 0) is 96.8 Å². The minimum absolute atomic E-state index is 0.224. The standard InChI is InChI=1S/C42H44N2O8/c45-41(33-11-7-31(8-12-33)25-43-35-15-19-37(20-16-35)49-27-39-29-51-39)47-23-5-3-1-2-4-6-24-48-42(46)34-13-9-32(10-14-34)26-44-36-17-21-38(22-18-36)50-28-40-30-52-40/h7-22,25-26,39-40H,1-6,23-24,27-30H2. The third kappa shape index (κ3) is 12.8. The highest BCUT2D eigenvalue weighted by atomic mass is 16.6. The number of epoxide rings is 2. The van der Waals surface area contributed by atoms with E-state index in [4.69, 9.17) is 28.4 Å². The van der Waals surface area contributed by atoms with Gasteiger partial charge in [0.25, 0.3) is 0 Å². The Morgan fingerprint density at radius 2 is 0.904 bits per heavy atom. The van der Waals surface area contributed by atoms with Crippen LogP contribution in [0.1, 0.15) is 70.4 Å². The smallest absolute Gasteiger partial charge is 0.338 e. The Hall–Kier alpha value is -5.32. The first-order chi connectivity index (χ1) is 25.6. The van der Waals surface area contributed by atoms with Crippen molar-refractivity contribution >= 4 is 35.7 Å². The number of carbonyl (C=O) groups excluding carboxylic acids is 2. The molecule has 2 atom stereocenters. The fraction of sp³-hybridized carbons (Fsp3) is 0.333. The third-order valence-electron chi connectivity index (χ3n) is 8.37. The molecule has 2 aliphatic rings. The van der Waals surface area contributed by atoms with Crippen molar-refractivity contribution in [1.82, 2.24) is 0 Å². The van der Waals surface area contributed by atoms with E-state index in [1.165, 1.54) is 0 Å². The van der Waals surface area contributed by atoms with Gasteiger partial charge in [0.05, 0.1) is 48.9 Å². The molecule has 0 spiro atoms. The second-order valence-corrected chi connectivity index (χ2v) is 12.7. The van der Waals surface area contributed by atoms with Crippen LogP contribution in [0, 0.1) is 0 Å². The molecule has 52 heavy (non-hydrogen) atoms. The lowest BCUT2D eigenvalue weighted by Crippen LogP contribution is -2.07. The number of hydrogen-bond acceptors (Lipinski definition) is 10. The molecule has 0 aromatic heterocycles. The molecule has 0 aliphatic carbocycles. The molecule has 0 amide bonds. The number of rotatable bonds is 21. The first-order valence-electron chi connectivity index (χ1n) is 17.9. The zero-order valence-corrected chi connectivity index (χ0v) is 29.2. The number of carbonyl (C=O) groups is 2. The normalized spacial score (nSPS) is 16.2. The summed E-state index contributed by atoms with van der Waals surface area (Å²) in [6.45, 7) is 3.45. The molecule has 10 nitrogen and oxygen atoms in total. The molecule has 2 fully saturated rings. The summed E-state index contributed by atoms with van der Waals surface area (Å²) in [5.74, 6) is 0.931. The average molecular weight is 705 g/mol. The molecule has 4 aromatic carbocycles. The maximum absolute atomic E-state index is 12.4. The van der Waals surface area contributed by atoms with Crippen LogP contribution in [-0.2, 0) is 18.9 Å². The number of benzene rings is 4. The van der Waals surface area contributed by atoms with E-state index in [2.05, 4.69) is 9.98 Å². The first kappa shape index (κ1) is 36.5. The summed E-state index contributed by atoms with van der Waals surface area (Å²) >= 11 is 0. The highest BCUT2D eigenvalue weighted by Gasteiger charge is 2.23. The Labute approximate surface area is 304 Å². The van der Waals surface area contributed by atoms with Crippen molar-refractivity contribution in [3.05, 3.63) is 119 Å². The molecular weight excluding hydrogens is 660 g/mol. The summed E-state index contributed by atoms with van der Waals surface area (Å²) in [5, 5.41) is 0. The molecule has 10 heteroatoms. The monoisotopic (exact) mass is 704 g/mol. The van der Waals surface area contributed by atoms with Gasteiger partial charge in [-0.15, -0.1) is 0 Å². The van der Waals surface area contributed by atoms with Gasteiger partial charge in [0.2, 0.25) is 0 Å². The minimum Gasteiger partial charge on any atom is -0.491 e. The van der Waals surface area contributed by atoms with Crippen molar-refractivity contribution in [1.29, 1.82) is 0 Å². The number of nitrogens with zero attached hydrogens (tertiary/aromatic N) is 2. The van der Waals surface area contributed by atoms with Crippen molar-refractivity contribution < 1.29 is 38.0 Å². The van der Waals surface area contributed by atoms with Crippen LogP contribution in [0.25, 0.3) is 0 Å². The Morgan fingerprint density at radius 3 is 1.27 bits per heavy atom. The summed E-state index contributed by atoms with van der Waals surface area (Å²) < 4.78 is 32.5. The Bertz CT molecular complexity index is 1630. The average Bonchev–Trinajstić information content (AvgIpc) is 4.13. The summed E-state index contributed by atoms with van der Waals surface area (Å²) in [6, 6.07) is 29.5. The Kier molecular flexibility index (Phi) is 13.6. The minimum atomic E-state index is -0.326.